The van der Waals surface area contributed by atoms with Crippen LogP contribution in [0, 0.1) is 13.8 Å². The minimum absolute atomic E-state index is 0.126. The minimum atomic E-state index is -0.462. The molecule has 0 fully saturated rings. The highest BCUT2D eigenvalue weighted by molar-refractivity contribution is 7.13. The van der Waals surface area contributed by atoms with Gasteiger partial charge < -0.3 is 18.5 Å². The Morgan fingerprint density at radius 2 is 2.04 bits per heavy atom. The third-order valence-corrected chi connectivity index (χ3v) is 4.99. The summed E-state index contributed by atoms with van der Waals surface area (Å²) < 4.78 is 15.9. The van der Waals surface area contributed by atoms with E-state index in [4.69, 9.17) is 13.6 Å². The number of aromatic nitrogens is 1. The van der Waals surface area contributed by atoms with Gasteiger partial charge in [-0.2, -0.15) is 0 Å². The molecule has 7 nitrogen and oxygen atoms in total. The summed E-state index contributed by atoms with van der Waals surface area (Å²) in [5, 5.41) is 1.95. The van der Waals surface area contributed by atoms with Crippen LogP contribution >= 0.6 is 11.3 Å². The van der Waals surface area contributed by atoms with Crippen LogP contribution in [0.2, 0.25) is 0 Å². The Kier molecular flexibility index (Phi) is 5.46. The molecule has 142 valence electrons. The van der Waals surface area contributed by atoms with Crippen LogP contribution in [0.1, 0.15) is 33.3 Å². The van der Waals surface area contributed by atoms with Gasteiger partial charge >= 0.3 is 5.97 Å². The van der Waals surface area contributed by atoms with Crippen LogP contribution in [0.4, 0.5) is 0 Å². The summed E-state index contributed by atoms with van der Waals surface area (Å²) in [5.41, 5.74) is 0.974. The van der Waals surface area contributed by atoms with Gasteiger partial charge in [-0.05, 0) is 31.4 Å². The van der Waals surface area contributed by atoms with Crippen LogP contribution in [0.3, 0.4) is 0 Å². The van der Waals surface area contributed by atoms with Crippen molar-refractivity contribution in [2.45, 2.75) is 26.8 Å². The number of rotatable bonds is 6. The monoisotopic (exact) mass is 388 g/mol. The van der Waals surface area contributed by atoms with E-state index in [1.54, 1.807) is 27.0 Å². The van der Waals surface area contributed by atoms with E-state index in [0.29, 0.717) is 34.4 Å². The molecule has 0 aliphatic heterocycles. The summed E-state index contributed by atoms with van der Waals surface area (Å²) in [4.78, 5) is 31.1. The molecule has 0 bridgehead atoms. The highest BCUT2D eigenvalue weighted by Crippen LogP contribution is 2.26. The summed E-state index contributed by atoms with van der Waals surface area (Å²) in [6.45, 7) is 3.72. The van der Waals surface area contributed by atoms with Crippen molar-refractivity contribution in [2.24, 2.45) is 0 Å². The average molecular weight is 388 g/mol. The molecule has 0 saturated carbocycles. The lowest BCUT2D eigenvalue weighted by molar-refractivity contribution is -0.130. The molecule has 0 aromatic carbocycles. The van der Waals surface area contributed by atoms with Crippen LogP contribution in [0.15, 0.2) is 32.4 Å². The molecule has 3 aromatic heterocycles. The number of oxazole rings is 1. The van der Waals surface area contributed by atoms with E-state index in [2.05, 4.69) is 4.98 Å². The highest BCUT2D eigenvalue weighted by atomic mass is 32.1. The quantitative estimate of drug-likeness (QED) is 0.600. The van der Waals surface area contributed by atoms with Gasteiger partial charge in [0.2, 0.25) is 11.8 Å². The van der Waals surface area contributed by atoms with E-state index >= 15 is 0 Å². The first-order chi connectivity index (χ1) is 12.9. The zero-order valence-corrected chi connectivity index (χ0v) is 16.4. The summed E-state index contributed by atoms with van der Waals surface area (Å²) in [5.74, 6) is 1.54. The smallest absolute Gasteiger partial charge is 0.341 e. The van der Waals surface area contributed by atoms with Crippen LogP contribution < -0.4 is 0 Å². The van der Waals surface area contributed by atoms with Crippen molar-refractivity contribution in [1.82, 2.24) is 9.88 Å². The number of likely N-dealkylation sites (N-methyl/N-ethyl adjacent to an activating group) is 1. The third kappa shape index (κ3) is 4.11. The normalized spacial score (nSPS) is 10.8. The predicted octanol–water partition coefficient (Wildman–Crippen LogP) is 3.60. The number of methoxy groups -OCH3 is 1. The van der Waals surface area contributed by atoms with Crippen LogP contribution in [-0.4, -0.2) is 35.9 Å². The first kappa shape index (κ1) is 18.9. The molecule has 0 spiro atoms. The predicted molar refractivity (Wildman–Crippen MR) is 99.5 cm³/mol. The molecular formula is C19H20N2O5S. The van der Waals surface area contributed by atoms with E-state index in [0.717, 1.165) is 4.88 Å². The highest BCUT2D eigenvalue weighted by Gasteiger charge is 2.20. The largest absolute Gasteiger partial charge is 0.465 e. The summed E-state index contributed by atoms with van der Waals surface area (Å²) in [6.07, 6.45) is 0.126. The molecule has 0 N–H and O–H groups in total. The minimum Gasteiger partial charge on any atom is -0.465 e. The summed E-state index contributed by atoms with van der Waals surface area (Å²) in [6, 6.07) is 5.44. The second-order valence-electron chi connectivity index (χ2n) is 6.10. The number of aryl methyl sites for hydroxylation is 2. The molecule has 3 aromatic rings. The summed E-state index contributed by atoms with van der Waals surface area (Å²) >= 11 is 1.53. The Morgan fingerprint density at radius 1 is 1.26 bits per heavy atom. The van der Waals surface area contributed by atoms with E-state index in [1.165, 1.54) is 23.3 Å². The van der Waals surface area contributed by atoms with Gasteiger partial charge in [-0.15, -0.1) is 11.3 Å². The van der Waals surface area contributed by atoms with Crippen LogP contribution in [-0.2, 0) is 22.5 Å². The summed E-state index contributed by atoms with van der Waals surface area (Å²) in [7, 11) is 2.99. The van der Waals surface area contributed by atoms with Gasteiger partial charge in [0.25, 0.3) is 0 Å². The maximum absolute atomic E-state index is 12.6. The fourth-order valence-electron chi connectivity index (χ4n) is 2.63. The fourth-order valence-corrected chi connectivity index (χ4v) is 3.28. The van der Waals surface area contributed by atoms with Crippen molar-refractivity contribution in [3.63, 3.8) is 0 Å². The molecule has 3 heterocycles. The van der Waals surface area contributed by atoms with Gasteiger partial charge in [0.15, 0.2) is 0 Å². The van der Waals surface area contributed by atoms with Crippen molar-refractivity contribution in [3.8, 4) is 10.8 Å². The number of carbonyl (C=O) groups excluding carboxylic acids is 2. The van der Waals surface area contributed by atoms with Gasteiger partial charge in [-0.1, -0.05) is 6.07 Å². The first-order valence-electron chi connectivity index (χ1n) is 8.30. The number of furan rings is 1. The molecule has 0 aliphatic carbocycles. The Hall–Kier alpha value is -2.87. The van der Waals surface area contributed by atoms with Gasteiger partial charge in [-0.3, -0.25) is 4.79 Å². The van der Waals surface area contributed by atoms with Gasteiger partial charge in [-0.25, -0.2) is 9.78 Å². The lowest BCUT2D eigenvalue weighted by Gasteiger charge is -2.15. The molecule has 0 saturated heterocycles. The van der Waals surface area contributed by atoms with Crippen molar-refractivity contribution in [2.75, 3.05) is 14.2 Å². The zero-order chi connectivity index (χ0) is 19.6. The Balaban J connectivity index is 1.67. The second-order valence-corrected chi connectivity index (χ2v) is 7.05. The second kappa shape index (κ2) is 7.79. The standard InChI is InChI=1S/C19H20N2O5S/c1-11-14(19(23)24-4)8-13(25-11)10-21(3)17(22)9-15-12(2)26-18(20-15)16-6-5-7-27-16/h5-8H,9-10H2,1-4H3. The molecule has 3 rings (SSSR count). The lowest BCUT2D eigenvalue weighted by atomic mass is 10.2. The number of hydrogen-bond acceptors (Lipinski definition) is 7. The van der Waals surface area contributed by atoms with Gasteiger partial charge in [0.1, 0.15) is 22.8 Å². The van der Waals surface area contributed by atoms with Crippen molar-refractivity contribution < 1.29 is 23.2 Å². The third-order valence-electron chi connectivity index (χ3n) is 4.14. The number of thiophene rings is 1. The Labute approximate surface area is 160 Å². The van der Waals surface area contributed by atoms with E-state index in [1.807, 2.05) is 17.5 Å². The van der Waals surface area contributed by atoms with Crippen molar-refractivity contribution in [1.29, 1.82) is 0 Å². The first-order valence-corrected chi connectivity index (χ1v) is 9.18. The van der Waals surface area contributed by atoms with Gasteiger partial charge in [0, 0.05) is 7.05 Å². The molecule has 0 radical (unpaired) electrons. The van der Waals surface area contributed by atoms with E-state index in [-0.39, 0.29) is 18.9 Å². The number of amides is 1. The fraction of sp³-hybridized carbons (Fsp3) is 0.316. The molecule has 0 aliphatic rings. The number of hydrogen-bond donors (Lipinski definition) is 0. The van der Waals surface area contributed by atoms with E-state index < -0.39 is 5.97 Å². The molecular weight excluding hydrogens is 368 g/mol. The Morgan fingerprint density at radius 3 is 2.70 bits per heavy atom. The zero-order valence-electron chi connectivity index (χ0n) is 15.6. The number of carbonyl (C=O) groups is 2. The van der Waals surface area contributed by atoms with Crippen LogP contribution in [0.5, 0.6) is 0 Å². The maximum atomic E-state index is 12.6. The topological polar surface area (TPSA) is 85.8 Å². The average Bonchev–Trinajstić information content (AvgIpc) is 3.35. The van der Waals surface area contributed by atoms with Gasteiger partial charge in [0.05, 0.1) is 30.6 Å². The number of nitrogens with zero attached hydrogens (tertiary/aromatic N) is 2. The SMILES string of the molecule is COC(=O)c1cc(CN(C)C(=O)Cc2nc(-c3cccs3)oc2C)oc1C. The van der Waals surface area contributed by atoms with Crippen LogP contribution in [0.25, 0.3) is 10.8 Å². The number of esters is 1. The Bertz CT molecular complexity index is 955. The molecule has 0 unspecified atom stereocenters. The van der Waals surface area contributed by atoms with Crippen molar-refractivity contribution in [3.05, 3.63) is 52.1 Å². The molecule has 8 heteroatoms. The maximum Gasteiger partial charge on any atom is 0.341 e. The van der Waals surface area contributed by atoms with E-state index in [9.17, 15) is 9.59 Å². The molecule has 27 heavy (non-hydrogen) atoms. The number of ether oxygens (including phenoxy) is 1. The molecule has 1 amide bonds. The lowest BCUT2D eigenvalue weighted by Crippen LogP contribution is -2.27. The van der Waals surface area contributed by atoms with Crippen molar-refractivity contribution >= 4 is 23.2 Å². The molecule has 0 atom stereocenters.